The summed E-state index contributed by atoms with van der Waals surface area (Å²) in [4.78, 5) is 38.1. The van der Waals surface area contributed by atoms with Crippen molar-refractivity contribution in [3.63, 3.8) is 0 Å². The summed E-state index contributed by atoms with van der Waals surface area (Å²) in [7, 11) is 0. The predicted molar refractivity (Wildman–Crippen MR) is 128 cm³/mol. The molecule has 206 valence electrons. The highest BCUT2D eigenvalue weighted by molar-refractivity contribution is 5.84. The summed E-state index contributed by atoms with van der Waals surface area (Å²) in [5.74, 6) is -2.60. The molecule has 2 saturated heterocycles. The van der Waals surface area contributed by atoms with E-state index in [2.05, 4.69) is 0 Å². The number of ether oxygens (including phenoxy) is 4. The van der Waals surface area contributed by atoms with Gasteiger partial charge in [-0.05, 0) is 33.3 Å². The van der Waals surface area contributed by atoms with Crippen LogP contribution in [0.3, 0.4) is 0 Å². The topological polar surface area (TPSA) is 145 Å². The lowest BCUT2D eigenvalue weighted by atomic mass is 9.36. The average molecular weight is 531 g/mol. The highest BCUT2D eigenvalue weighted by Crippen LogP contribution is 2.79. The molecule has 1 aromatic rings. The molecule has 0 bridgehead atoms. The van der Waals surface area contributed by atoms with Crippen LogP contribution in [0.2, 0.25) is 0 Å². The summed E-state index contributed by atoms with van der Waals surface area (Å²) in [5, 5.41) is 24.5. The number of cyclic esters (lactones) is 2. The fourth-order valence-corrected chi connectivity index (χ4v) is 9.26. The normalized spacial score (nSPS) is 50.3. The van der Waals surface area contributed by atoms with Crippen molar-refractivity contribution in [1.82, 2.24) is 0 Å². The van der Waals surface area contributed by atoms with E-state index in [4.69, 9.17) is 23.4 Å². The average Bonchev–Trinajstić information content (AvgIpc) is 3.36. The van der Waals surface area contributed by atoms with Crippen molar-refractivity contribution in [1.29, 1.82) is 0 Å². The first-order valence-corrected chi connectivity index (χ1v) is 13.0. The summed E-state index contributed by atoms with van der Waals surface area (Å²) < 4.78 is 29.3. The van der Waals surface area contributed by atoms with Crippen LogP contribution in [0.5, 0.6) is 0 Å². The maximum absolute atomic E-state index is 13.3. The molecule has 10 atom stereocenters. The molecule has 5 aliphatic rings. The number of hydrogen-bond acceptors (Lipinski definition) is 10. The zero-order valence-electron chi connectivity index (χ0n) is 22.3. The molecular formula is C28H34O10. The van der Waals surface area contributed by atoms with Gasteiger partial charge in [0.15, 0.2) is 6.10 Å². The van der Waals surface area contributed by atoms with Crippen LogP contribution in [0.1, 0.15) is 66.1 Å². The summed E-state index contributed by atoms with van der Waals surface area (Å²) in [6.45, 7) is 10.1. The molecule has 0 amide bonds. The number of epoxide rings is 1. The van der Waals surface area contributed by atoms with Gasteiger partial charge in [-0.2, -0.15) is 0 Å². The van der Waals surface area contributed by atoms with E-state index in [1.54, 1.807) is 32.9 Å². The maximum atomic E-state index is 13.3. The summed E-state index contributed by atoms with van der Waals surface area (Å²) in [6, 6.07) is 1.71. The van der Waals surface area contributed by atoms with Gasteiger partial charge in [-0.15, -0.1) is 0 Å². The molecule has 2 unspecified atom stereocenters. The van der Waals surface area contributed by atoms with Gasteiger partial charge in [0.1, 0.15) is 23.4 Å². The number of carbonyl (C=O) groups excluding carboxylic acids is 3. The quantitative estimate of drug-likeness (QED) is 0.332. The number of carbonyl (C=O) groups is 3. The van der Waals surface area contributed by atoms with Gasteiger partial charge in [0.05, 0.1) is 29.6 Å². The largest absolute Gasteiger partial charge is 0.472 e. The van der Waals surface area contributed by atoms with Crippen LogP contribution in [-0.2, 0) is 33.3 Å². The molecule has 2 aliphatic carbocycles. The van der Waals surface area contributed by atoms with Gasteiger partial charge in [-0.3, -0.25) is 4.79 Å². The van der Waals surface area contributed by atoms with Gasteiger partial charge >= 0.3 is 17.9 Å². The smallest absolute Gasteiger partial charge is 0.339 e. The number of fused-ring (bicyclic) bond motifs is 1. The Labute approximate surface area is 220 Å². The minimum Gasteiger partial charge on any atom is -0.472 e. The van der Waals surface area contributed by atoms with Crippen LogP contribution in [-0.4, -0.2) is 63.2 Å². The molecule has 38 heavy (non-hydrogen) atoms. The summed E-state index contributed by atoms with van der Waals surface area (Å²) in [6.07, 6.45) is 2.26. The van der Waals surface area contributed by atoms with Crippen LogP contribution in [0, 0.1) is 22.2 Å². The molecule has 10 nitrogen and oxygen atoms in total. The second-order valence-electron chi connectivity index (χ2n) is 12.7. The van der Waals surface area contributed by atoms with Gasteiger partial charge in [-0.25, -0.2) is 9.59 Å². The Hall–Kier alpha value is -2.69. The molecule has 2 saturated carbocycles. The van der Waals surface area contributed by atoms with Gasteiger partial charge in [0.2, 0.25) is 0 Å². The lowest BCUT2D eigenvalue weighted by Crippen LogP contribution is -2.80. The second-order valence-corrected chi connectivity index (χ2v) is 12.7. The van der Waals surface area contributed by atoms with E-state index in [9.17, 15) is 24.6 Å². The number of furan rings is 1. The van der Waals surface area contributed by atoms with E-state index in [1.165, 1.54) is 25.5 Å². The molecule has 2 spiro atoms. The highest BCUT2D eigenvalue weighted by Gasteiger charge is 2.91. The van der Waals surface area contributed by atoms with Gasteiger partial charge in [-0.1, -0.05) is 19.9 Å². The van der Waals surface area contributed by atoms with Crippen molar-refractivity contribution in [2.45, 2.75) is 95.6 Å². The minimum absolute atomic E-state index is 0.0649. The Morgan fingerprint density at radius 2 is 1.82 bits per heavy atom. The van der Waals surface area contributed by atoms with Crippen LogP contribution in [0.15, 0.2) is 35.2 Å². The minimum atomic E-state index is -1.68. The molecule has 2 N–H and O–H groups in total. The van der Waals surface area contributed by atoms with E-state index in [0.717, 1.165) is 0 Å². The fraction of sp³-hybridized carbons (Fsp3) is 0.679. The van der Waals surface area contributed by atoms with E-state index in [1.807, 2.05) is 13.8 Å². The van der Waals surface area contributed by atoms with Gasteiger partial charge in [0, 0.05) is 41.7 Å². The number of esters is 3. The molecule has 10 heteroatoms. The molecule has 0 radical (unpaired) electrons. The third kappa shape index (κ3) is 2.66. The molecule has 4 heterocycles. The Morgan fingerprint density at radius 3 is 2.42 bits per heavy atom. The lowest BCUT2D eigenvalue weighted by molar-refractivity contribution is -0.325. The van der Waals surface area contributed by atoms with Crippen LogP contribution >= 0.6 is 0 Å². The predicted octanol–water partition coefficient (Wildman–Crippen LogP) is 2.37. The van der Waals surface area contributed by atoms with Gasteiger partial charge < -0.3 is 33.6 Å². The van der Waals surface area contributed by atoms with Crippen molar-refractivity contribution in [2.75, 3.05) is 0 Å². The first kappa shape index (κ1) is 25.6. The molecule has 4 fully saturated rings. The Kier molecular flexibility index (Phi) is 4.90. The third-order valence-corrected chi connectivity index (χ3v) is 10.7. The molecule has 0 aromatic carbocycles. The van der Waals surface area contributed by atoms with Crippen molar-refractivity contribution in [3.05, 3.63) is 36.3 Å². The highest BCUT2D eigenvalue weighted by atomic mass is 16.7. The maximum Gasteiger partial charge on any atom is 0.339 e. The zero-order chi connectivity index (χ0) is 27.7. The Balaban J connectivity index is 1.59. The Morgan fingerprint density at radius 1 is 1.11 bits per heavy atom. The van der Waals surface area contributed by atoms with Crippen LogP contribution < -0.4 is 0 Å². The zero-order valence-corrected chi connectivity index (χ0v) is 22.3. The van der Waals surface area contributed by atoms with Crippen molar-refractivity contribution in [3.8, 4) is 0 Å². The van der Waals surface area contributed by atoms with E-state index < -0.39 is 81.3 Å². The number of aliphatic hydroxyl groups is 2. The van der Waals surface area contributed by atoms with Gasteiger partial charge in [0.25, 0.3) is 0 Å². The number of rotatable bonds is 2. The van der Waals surface area contributed by atoms with E-state index >= 15 is 0 Å². The van der Waals surface area contributed by atoms with E-state index in [-0.39, 0.29) is 12.8 Å². The number of aliphatic hydroxyl groups excluding tert-OH is 1. The van der Waals surface area contributed by atoms with Crippen molar-refractivity contribution >= 4 is 17.9 Å². The molecular weight excluding hydrogens is 496 g/mol. The molecule has 1 aromatic heterocycles. The molecule has 3 aliphatic heterocycles. The second kappa shape index (κ2) is 7.28. The van der Waals surface area contributed by atoms with Crippen molar-refractivity contribution < 1.29 is 48.0 Å². The first-order chi connectivity index (χ1) is 17.6. The fourth-order valence-electron chi connectivity index (χ4n) is 9.26. The standard InChI is InChI=1S/C28H34O10/c1-14(29)35-17-12-27(9-7-18(31)37-23(27,2)3)26(6,33)19-16(30)11-24(4)20(15-8-10-34-13-15)36-22(32)21-28(24,38-21)25(17,19)5/h7-10,13,16-17,19-21,30,33H,11-12H2,1-6H3/t16-,17+,19?,20-,21+,24-,25+,26?,27-,28+/m0/s1. The SMILES string of the molecule is CC(=O)O[C@@H]1C[C@]2(C=CC(=O)OC2(C)C)C(C)(O)C2[C@@H](O)C[C@@]3(C)[C@H](c4ccoc4)OC(=O)[C@H]4O[C@]43[C@@]21C. The summed E-state index contributed by atoms with van der Waals surface area (Å²) >= 11 is 0. The monoisotopic (exact) mass is 530 g/mol. The lowest BCUT2D eigenvalue weighted by Gasteiger charge is -2.71. The Bertz CT molecular complexity index is 1250. The van der Waals surface area contributed by atoms with Crippen LogP contribution in [0.25, 0.3) is 0 Å². The molecule has 6 rings (SSSR count). The van der Waals surface area contributed by atoms with E-state index in [0.29, 0.717) is 5.56 Å². The number of hydrogen-bond donors (Lipinski definition) is 2. The van der Waals surface area contributed by atoms with Crippen molar-refractivity contribution in [2.24, 2.45) is 22.2 Å². The summed E-state index contributed by atoms with van der Waals surface area (Å²) in [5.41, 5.74) is -6.93. The first-order valence-electron chi connectivity index (χ1n) is 13.0. The van der Waals surface area contributed by atoms with Crippen LogP contribution in [0.4, 0.5) is 0 Å². The third-order valence-electron chi connectivity index (χ3n) is 10.7.